The van der Waals surface area contributed by atoms with Gasteiger partial charge in [0.15, 0.2) is 0 Å². The highest BCUT2D eigenvalue weighted by atomic mass is 35.5. The predicted octanol–water partition coefficient (Wildman–Crippen LogP) is 2.69. The first-order chi connectivity index (χ1) is 10.1. The fourth-order valence-electron chi connectivity index (χ4n) is 2.84. The Labute approximate surface area is 132 Å². The lowest BCUT2D eigenvalue weighted by Gasteiger charge is -2.30. The number of benzene rings is 1. The first-order valence-electron chi connectivity index (χ1n) is 7.46. The van der Waals surface area contributed by atoms with E-state index in [9.17, 15) is 0 Å². The van der Waals surface area contributed by atoms with Crippen molar-refractivity contribution in [1.29, 1.82) is 0 Å². The first kappa shape index (κ1) is 16.6. The first-order valence-corrected chi connectivity index (χ1v) is 7.83. The Hall–Kier alpha value is -0.810. The molecule has 0 spiro atoms. The molecule has 1 heterocycles. The number of hydrogen-bond donors (Lipinski definition) is 1. The lowest BCUT2D eigenvalue weighted by molar-refractivity contribution is 0.118. The summed E-state index contributed by atoms with van der Waals surface area (Å²) in [6.45, 7) is 5.30. The summed E-state index contributed by atoms with van der Waals surface area (Å²) >= 11 is 6.15. The van der Waals surface area contributed by atoms with E-state index in [1.165, 1.54) is 11.3 Å². The van der Waals surface area contributed by atoms with E-state index >= 15 is 0 Å². The van der Waals surface area contributed by atoms with Crippen LogP contribution in [-0.4, -0.2) is 46.1 Å². The standard InChI is InChI=1S/C16H25ClN2O2/c1-12-15(6-8-21-12)19(2)16-5-4-14(17)10-13(16)11-18-7-9-20-3/h4-5,10,12,15,18H,6-9,11H2,1-3H3. The molecular formula is C16H25ClN2O2. The third-order valence-corrected chi connectivity index (χ3v) is 4.29. The number of halogens is 1. The fraction of sp³-hybridized carbons (Fsp3) is 0.625. The van der Waals surface area contributed by atoms with Crippen LogP contribution in [0.4, 0.5) is 5.69 Å². The van der Waals surface area contributed by atoms with Crippen molar-refractivity contribution in [3.8, 4) is 0 Å². The van der Waals surface area contributed by atoms with Crippen LogP contribution < -0.4 is 10.2 Å². The van der Waals surface area contributed by atoms with Gasteiger partial charge >= 0.3 is 0 Å². The van der Waals surface area contributed by atoms with Crippen molar-refractivity contribution in [3.63, 3.8) is 0 Å². The fourth-order valence-corrected chi connectivity index (χ4v) is 3.04. The molecule has 5 heteroatoms. The summed E-state index contributed by atoms with van der Waals surface area (Å²) in [4.78, 5) is 2.32. The minimum Gasteiger partial charge on any atom is -0.383 e. The molecule has 2 atom stereocenters. The average Bonchev–Trinajstić information content (AvgIpc) is 2.89. The molecule has 1 N–H and O–H groups in total. The Morgan fingerprint density at radius 1 is 1.48 bits per heavy atom. The van der Waals surface area contributed by atoms with E-state index in [4.69, 9.17) is 21.1 Å². The molecule has 1 aromatic carbocycles. The van der Waals surface area contributed by atoms with Gasteiger partial charge in [0, 0.05) is 44.6 Å². The van der Waals surface area contributed by atoms with E-state index in [-0.39, 0.29) is 6.10 Å². The number of hydrogen-bond acceptors (Lipinski definition) is 4. The Balaban J connectivity index is 2.10. The summed E-state index contributed by atoms with van der Waals surface area (Å²) in [5.41, 5.74) is 2.42. The highest BCUT2D eigenvalue weighted by molar-refractivity contribution is 6.30. The van der Waals surface area contributed by atoms with Crippen LogP contribution >= 0.6 is 11.6 Å². The maximum Gasteiger partial charge on any atom is 0.0750 e. The number of methoxy groups -OCH3 is 1. The van der Waals surface area contributed by atoms with Crippen molar-refractivity contribution in [1.82, 2.24) is 5.32 Å². The molecule has 1 saturated heterocycles. The van der Waals surface area contributed by atoms with Crippen LogP contribution in [-0.2, 0) is 16.0 Å². The molecule has 0 saturated carbocycles. The summed E-state index contributed by atoms with van der Waals surface area (Å²) in [6.07, 6.45) is 1.33. The van der Waals surface area contributed by atoms with Crippen LogP contribution in [0.1, 0.15) is 18.9 Å². The molecular weight excluding hydrogens is 288 g/mol. The summed E-state index contributed by atoms with van der Waals surface area (Å²) in [6, 6.07) is 6.50. The Bertz CT molecular complexity index is 456. The monoisotopic (exact) mass is 312 g/mol. The van der Waals surface area contributed by atoms with Crippen LogP contribution in [0.25, 0.3) is 0 Å². The van der Waals surface area contributed by atoms with Gasteiger partial charge in [-0.3, -0.25) is 0 Å². The topological polar surface area (TPSA) is 33.7 Å². The van der Waals surface area contributed by atoms with Gasteiger partial charge in [-0.25, -0.2) is 0 Å². The van der Waals surface area contributed by atoms with Gasteiger partial charge in [-0.15, -0.1) is 0 Å². The summed E-state index contributed by atoms with van der Waals surface area (Å²) < 4.78 is 10.7. The van der Waals surface area contributed by atoms with Gasteiger partial charge in [0.2, 0.25) is 0 Å². The number of nitrogens with one attached hydrogen (secondary N) is 1. The van der Waals surface area contributed by atoms with E-state index < -0.39 is 0 Å². The number of ether oxygens (including phenoxy) is 2. The van der Waals surface area contributed by atoms with Crippen molar-refractivity contribution in [2.75, 3.05) is 38.8 Å². The molecule has 118 valence electrons. The van der Waals surface area contributed by atoms with Crippen molar-refractivity contribution in [2.24, 2.45) is 0 Å². The van der Waals surface area contributed by atoms with Gasteiger partial charge in [0.25, 0.3) is 0 Å². The second kappa shape index (κ2) is 7.99. The van der Waals surface area contributed by atoms with Gasteiger partial charge in [-0.2, -0.15) is 0 Å². The normalized spacial score (nSPS) is 21.7. The maximum atomic E-state index is 6.15. The number of nitrogens with zero attached hydrogens (tertiary/aromatic N) is 1. The van der Waals surface area contributed by atoms with E-state index in [1.807, 2.05) is 12.1 Å². The molecule has 2 unspecified atom stereocenters. The molecule has 1 aliphatic rings. The molecule has 4 nitrogen and oxygen atoms in total. The van der Waals surface area contributed by atoms with Crippen molar-refractivity contribution >= 4 is 17.3 Å². The summed E-state index contributed by atoms with van der Waals surface area (Å²) in [5.74, 6) is 0. The minimum atomic E-state index is 0.264. The third-order valence-electron chi connectivity index (χ3n) is 4.05. The zero-order valence-electron chi connectivity index (χ0n) is 13.1. The lowest BCUT2D eigenvalue weighted by Crippen LogP contribution is -2.37. The zero-order chi connectivity index (χ0) is 15.2. The van der Waals surface area contributed by atoms with Gasteiger partial charge < -0.3 is 19.7 Å². The molecule has 0 radical (unpaired) electrons. The van der Waals surface area contributed by atoms with E-state index in [0.29, 0.717) is 12.6 Å². The average molecular weight is 313 g/mol. The lowest BCUT2D eigenvalue weighted by atomic mass is 10.1. The van der Waals surface area contributed by atoms with Gasteiger partial charge in [0.1, 0.15) is 0 Å². The van der Waals surface area contributed by atoms with Gasteiger partial charge in [-0.05, 0) is 37.1 Å². The molecule has 1 aromatic rings. The van der Waals surface area contributed by atoms with E-state index in [2.05, 4.69) is 30.3 Å². The Kier molecular flexibility index (Phi) is 6.30. The third kappa shape index (κ3) is 4.33. The number of anilines is 1. The van der Waals surface area contributed by atoms with Crippen molar-refractivity contribution < 1.29 is 9.47 Å². The highest BCUT2D eigenvalue weighted by Crippen LogP contribution is 2.29. The predicted molar refractivity (Wildman–Crippen MR) is 87.3 cm³/mol. The number of rotatable bonds is 7. The minimum absolute atomic E-state index is 0.264. The van der Waals surface area contributed by atoms with E-state index in [0.717, 1.165) is 31.1 Å². The Morgan fingerprint density at radius 2 is 2.29 bits per heavy atom. The van der Waals surface area contributed by atoms with Crippen LogP contribution in [0, 0.1) is 0 Å². The molecule has 0 aromatic heterocycles. The zero-order valence-corrected chi connectivity index (χ0v) is 13.8. The van der Waals surface area contributed by atoms with Gasteiger partial charge in [0.05, 0.1) is 18.8 Å². The van der Waals surface area contributed by atoms with Crippen LogP contribution in [0.15, 0.2) is 18.2 Å². The van der Waals surface area contributed by atoms with Crippen LogP contribution in [0.3, 0.4) is 0 Å². The second-order valence-corrected chi connectivity index (χ2v) is 5.92. The Morgan fingerprint density at radius 3 is 2.95 bits per heavy atom. The number of likely N-dealkylation sites (N-methyl/N-ethyl adjacent to an activating group) is 1. The SMILES string of the molecule is COCCNCc1cc(Cl)ccc1N(C)C1CCOC1C. The quantitative estimate of drug-likeness (QED) is 0.785. The summed E-state index contributed by atoms with van der Waals surface area (Å²) in [7, 11) is 3.85. The highest BCUT2D eigenvalue weighted by Gasteiger charge is 2.28. The van der Waals surface area contributed by atoms with Crippen LogP contribution in [0.2, 0.25) is 5.02 Å². The van der Waals surface area contributed by atoms with Gasteiger partial charge in [-0.1, -0.05) is 11.6 Å². The molecule has 1 fully saturated rings. The summed E-state index contributed by atoms with van der Waals surface area (Å²) in [5, 5.41) is 4.16. The molecule has 0 bridgehead atoms. The molecule has 2 rings (SSSR count). The second-order valence-electron chi connectivity index (χ2n) is 5.49. The maximum absolute atomic E-state index is 6.15. The largest absolute Gasteiger partial charge is 0.383 e. The van der Waals surface area contributed by atoms with Crippen molar-refractivity contribution in [3.05, 3.63) is 28.8 Å². The molecule has 1 aliphatic heterocycles. The smallest absolute Gasteiger partial charge is 0.0750 e. The molecule has 21 heavy (non-hydrogen) atoms. The van der Waals surface area contributed by atoms with Crippen LogP contribution in [0.5, 0.6) is 0 Å². The van der Waals surface area contributed by atoms with Crippen molar-refractivity contribution in [2.45, 2.75) is 32.0 Å². The molecule has 0 amide bonds. The molecule has 0 aliphatic carbocycles. The van der Waals surface area contributed by atoms with E-state index in [1.54, 1.807) is 7.11 Å².